The highest BCUT2D eigenvalue weighted by Crippen LogP contribution is 2.32. The van der Waals surface area contributed by atoms with E-state index in [1.165, 1.54) is 0 Å². The molecule has 0 saturated carbocycles. The van der Waals surface area contributed by atoms with Crippen LogP contribution in [0.4, 0.5) is 0 Å². The molecule has 1 aromatic heterocycles. The molecule has 0 amide bonds. The molecule has 2 aromatic rings. The molecule has 0 bridgehead atoms. The van der Waals surface area contributed by atoms with Gasteiger partial charge in [0.1, 0.15) is 18.1 Å². The number of aromatic nitrogens is 1. The number of methoxy groups -OCH3 is 1. The molecule has 0 aliphatic carbocycles. The van der Waals surface area contributed by atoms with Crippen LogP contribution >= 0.6 is 0 Å². The SMILES string of the molecule is COc1ccc2c(c1)OCc1onc(C)c1C2=O. The predicted molar refractivity (Wildman–Crippen MR) is 62.0 cm³/mol. The quantitative estimate of drug-likeness (QED) is 0.770. The molecule has 2 heterocycles. The number of ketones is 1. The Hall–Kier alpha value is -2.30. The van der Waals surface area contributed by atoms with E-state index < -0.39 is 0 Å². The minimum absolute atomic E-state index is 0.126. The van der Waals surface area contributed by atoms with Crippen molar-refractivity contribution in [3.63, 3.8) is 0 Å². The van der Waals surface area contributed by atoms with Gasteiger partial charge in [-0.15, -0.1) is 0 Å². The van der Waals surface area contributed by atoms with Gasteiger partial charge in [-0.3, -0.25) is 4.79 Å². The Balaban J connectivity index is 2.16. The number of hydrogen-bond acceptors (Lipinski definition) is 5. The lowest BCUT2D eigenvalue weighted by Crippen LogP contribution is -2.02. The summed E-state index contributed by atoms with van der Waals surface area (Å²) in [5, 5.41) is 3.80. The number of ether oxygens (including phenoxy) is 2. The average Bonchev–Trinajstić information content (AvgIpc) is 2.69. The van der Waals surface area contributed by atoms with Crippen molar-refractivity contribution in [2.45, 2.75) is 13.5 Å². The van der Waals surface area contributed by atoms with E-state index in [0.29, 0.717) is 34.1 Å². The molecule has 5 heteroatoms. The Labute approximate surface area is 103 Å². The maximum atomic E-state index is 12.4. The molecule has 1 aliphatic heterocycles. The number of nitrogens with zero attached hydrogens (tertiary/aromatic N) is 1. The van der Waals surface area contributed by atoms with Crippen molar-refractivity contribution in [3.05, 3.63) is 40.8 Å². The molecule has 92 valence electrons. The number of rotatable bonds is 1. The smallest absolute Gasteiger partial charge is 0.202 e. The second-order valence-electron chi connectivity index (χ2n) is 4.05. The number of aryl methyl sites for hydroxylation is 1. The van der Waals surface area contributed by atoms with Crippen LogP contribution < -0.4 is 9.47 Å². The van der Waals surface area contributed by atoms with E-state index in [2.05, 4.69) is 5.16 Å². The minimum atomic E-state index is -0.126. The maximum Gasteiger partial charge on any atom is 0.202 e. The normalized spacial score (nSPS) is 13.3. The number of carbonyl (C=O) groups excluding carboxylic acids is 1. The van der Waals surface area contributed by atoms with Gasteiger partial charge >= 0.3 is 0 Å². The Kier molecular flexibility index (Phi) is 2.33. The van der Waals surface area contributed by atoms with Gasteiger partial charge in [-0.25, -0.2) is 0 Å². The molecule has 0 unspecified atom stereocenters. The highest BCUT2D eigenvalue weighted by atomic mass is 16.5. The minimum Gasteiger partial charge on any atom is -0.497 e. The van der Waals surface area contributed by atoms with Gasteiger partial charge < -0.3 is 14.0 Å². The highest BCUT2D eigenvalue weighted by Gasteiger charge is 2.28. The lowest BCUT2D eigenvalue weighted by Gasteiger charge is -2.07. The Morgan fingerprint density at radius 2 is 2.22 bits per heavy atom. The van der Waals surface area contributed by atoms with Crippen LogP contribution in [-0.2, 0) is 6.61 Å². The zero-order valence-corrected chi connectivity index (χ0v) is 10.0. The van der Waals surface area contributed by atoms with Crippen LogP contribution in [0.5, 0.6) is 11.5 Å². The van der Waals surface area contributed by atoms with Crippen molar-refractivity contribution in [2.24, 2.45) is 0 Å². The third-order valence-corrected chi connectivity index (χ3v) is 2.95. The Morgan fingerprint density at radius 3 is 3.00 bits per heavy atom. The highest BCUT2D eigenvalue weighted by molar-refractivity contribution is 6.12. The first-order valence-corrected chi connectivity index (χ1v) is 5.51. The predicted octanol–water partition coefficient (Wildman–Crippen LogP) is 2.12. The van der Waals surface area contributed by atoms with Gasteiger partial charge in [0, 0.05) is 6.07 Å². The van der Waals surface area contributed by atoms with Crippen LogP contribution in [0.2, 0.25) is 0 Å². The molecular formula is C13H11NO4. The second-order valence-corrected chi connectivity index (χ2v) is 4.05. The first-order valence-electron chi connectivity index (χ1n) is 5.51. The summed E-state index contributed by atoms with van der Waals surface area (Å²) in [5.74, 6) is 1.49. The van der Waals surface area contributed by atoms with Crippen molar-refractivity contribution >= 4 is 5.78 Å². The summed E-state index contributed by atoms with van der Waals surface area (Å²) < 4.78 is 15.8. The van der Waals surface area contributed by atoms with Gasteiger partial charge in [0.2, 0.25) is 5.78 Å². The van der Waals surface area contributed by atoms with E-state index in [0.717, 1.165) is 0 Å². The van der Waals surface area contributed by atoms with E-state index in [1.807, 2.05) is 0 Å². The van der Waals surface area contributed by atoms with Crippen molar-refractivity contribution in [3.8, 4) is 11.5 Å². The maximum absolute atomic E-state index is 12.4. The van der Waals surface area contributed by atoms with E-state index in [9.17, 15) is 4.79 Å². The molecule has 0 spiro atoms. The number of carbonyl (C=O) groups is 1. The molecule has 0 saturated heterocycles. The van der Waals surface area contributed by atoms with Crippen LogP contribution in [-0.4, -0.2) is 18.0 Å². The van der Waals surface area contributed by atoms with Gasteiger partial charge in [0.05, 0.1) is 23.9 Å². The summed E-state index contributed by atoms with van der Waals surface area (Å²) in [4.78, 5) is 12.4. The second kappa shape index (κ2) is 3.87. The zero-order chi connectivity index (χ0) is 12.7. The fraction of sp³-hybridized carbons (Fsp3) is 0.231. The third-order valence-electron chi connectivity index (χ3n) is 2.95. The molecule has 0 radical (unpaired) electrons. The Bertz CT molecular complexity index is 630. The molecule has 3 rings (SSSR count). The molecule has 18 heavy (non-hydrogen) atoms. The molecular weight excluding hydrogens is 234 g/mol. The Morgan fingerprint density at radius 1 is 1.39 bits per heavy atom. The first kappa shape index (κ1) is 10.8. The molecule has 5 nitrogen and oxygen atoms in total. The summed E-state index contributed by atoms with van der Waals surface area (Å²) in [6.07, 6.45) is 0. The summed E-state index contributed by atoms with van der Waals surface area (Å²) in [5.41, 5.74) is 1.59. The molecule has 1 aromatic carbocycles. The van der Waals surface area contributed by atoms with Gasteiger partial charge in [-0.1, -0.05) is 5.16 Å². The van der Waals surface area contributed by atoms with Crippen molar-refractivity contribution in [1.82, 2.24) is 5.16 Å². The summed E-state index contributed by atoms with van der Waals surface area (Å²) in [6.45, 7) is 1.94. The molecule has 0 N–H and O–H groups in total. The van der Waals surface area contributed by atoms with Crippen molar-refractivity contribution in [1.29, 1.82) is 0 Å². The number of benzene rings is 1. The van der Waals surface area contributed by atoms with E-state index in [-0.39, 0.29) is 12.4 Å². The zero-order valence-electron chi connectivity index (χ0n) is 10.0. The van der Waals surface area contributed by atoms with Crippen LogP contribution in [0.15, 0.2) is 22.7 Å². The summed E-state index contributed by atoms with van der Waals surface area (Å²) >= 11 is 0. The standard InChI is InChI=1S/C13H11NO4/c1-7-12-11(18-14-7)6-17-10-5-8(16-2)3-4-9(10)13(12)15/h3-5H,6H2,1-2H3. The van der Waals surface area contributed by atoms with E-state index in [1.54, 1.807) is 32.2 Å². The molecule has 0 atom stereocenters. The van der Waals surface area contributed by atoms with Crippen LogP contribution in [0.3, 0.4) is 0 Å². The fourth-order valence-electron chi connectivity index (χ4n) is 2.02. The summed E-state index contributed by atoms with van der Waals surface area (Å²) in [6, 6.07) is 5.12. The van der Waals surface area contributed by atoms with E-state index >= 15 is 0 Å². The van der Waals surface area contributed by atoms with Gasteiger partial charge in [0.25, 0.3) is 0 Å². The van der Waals surface area contributed by atoms with E-state index in [4.69, 9.17) is 14.0 Å². The average molecular weight is 245 g/mol. The van der Waals surface area contributed by atoms with Crippen molar-refractivity contribution in [2.75, 3.05) is 7.11 Å². The number of hydrogen-bond donors (Lipinski definition) is 0. The largest absolute Gasteiger partial charge is 0.497 e. The van der Waals surface area contributed by atoms with Gasteiger partial charge in [-0.05, 0) is 19.1 Å². The molecule has 0 fully saturated rings. The monoisotopic (exact) mass is 245 g/mol. The lowest BCUT2D eigenvalue weighted by molar-refractivity contribution is 0.103. The summed E-state index contributed by atoms with van der Waals surface area (Å²) in [7, 11) is 1.57. The topological polar surface area (TPSA) is 61.6 Å². The van der Waals surface area contributed by atoms with Crippen LogP contribution in [0.1, 0.15) is 27.4 Å². The van der Waals surface area contributed by atoms with Crippen LogP contribution in [0.25, 0.3) is 0 Å². The third kappa shape index (κ3) is 1.48. The fourth-order valence-corrected chi connectivity index (χ4v) is 2.02. The van der Waals surface area contributed by atoms with Crippen LogP contribution in [0, 0.1) is 6.92 Å². The van der Waals surface area contributed by atoms with Crippen molar-refractivity contribution < 1.29 is 18.8 Å². The molecule has 1 aliphatic rings. The van der Waals surface area contributed by atoms with Gasteiger partial charge in [-0.2, -0.15) is 0 Å². The lowest BCUT2D eigenvalue weighted by atomic mass is 10.0. The first-order chi connectivity index (χ1) is 8.70. The number of fused-ring (bicyclic) bond motifs is 2. The van der Waals surface area contributed by atoms with Gasteiger partial charge in [0.15, 0.2) is 5.76 Å².